The Morgan fingerprint density at radius 1 is 1.15 bits per heavy atom. The third kappa shape index (κ3) is 3.57. The van der Waals surface area contributed by atoms with Crippen molar-refractivity contribution in [3.05, 3.63) is 35.3 Å². The summed E-state index contributed by atoms with van der Waals surface area (Å²) in [5, 5.41) is 3.16. The standard InChI is InChI=1S/C21H28N4O2/c1-13-12-14(2)25-11-10-18(19(25)22-13)20(26)23-16-6-4-15(5-7-16)21(27)24(3)17-8-9-17/h10-12,15-17H,4-9H2,1-3H3,(H,23,26). The zero-order valence-electron chi connectivity index (χ0n) is 16.4. The van der Waals surface area contributed by atoms with E-state index < -0.39 is 0 Å². The van der Waals surface area contributed by atoms with Crippen molar-refractivity contribution in [3.63, 3.8) is 0 Å². The number of nitrogens with one attached hydrogen (secondary N) is 1. The fraction of sp³-hybridized carbons (Fsp3) is 0.571. The molecule has 2 aliphatic carbocycles. The molecule has 144 valence electrons. The van der Waals surface area contributed by atoms with Gasteiger partial charge < -0.3 is 14.6 Å². The molecule has 4 rings (SSSR count). The minimum atomic E-state index is -0.0696. The molecule has 2 heterocycles. The first kappa shape index (κ1) is 18.0. The van der Waals surface area contributed by atoms with Crippen LogP contribution in [-0.4, -0.2) is 45.2 Å². The highest BCUT2D eigenvalue weighted by atomic mass is 16.2. The van der Waals surface area contributed by atoms with Gasteiger partial charge in [-0.3, -0.25) is 9.59 Å². The van der Waals surface area contributed by atoms with E-state index in [4.69, 9.17) is 0 Å². The molecule has 1 N–H and O–H groups in total. The summed E-state index contributed by atoms with van der Waals surface area (Å²) in [5.74, 6) is 0.335. The summed E-state index contributed by atoms with van der Waals surface area (Å²) < 4.78 is 1.95. The van der Waals surface area contributed by atoms with Crippen molar-refractivity contribution in [2.45, 2.75) is 64.5 Å². The summed E-state index contributed by atoms with van der Waals surface area (Å²) >= 11 is 0. The maximum atomic E-state index is 12.8. The van der Waals surface area contributed by atoms with Gasteiger partial charge in [0.15, 0.2) is 0 Å². The first-order valence-corrected chi connectivity index (χ1v) is 9.97. The zero-order chi connectivity index (χ0) is 19.1. The molecule has 0 saturated heterocycles. The smallest absolute Gasteiger partial charge is 0.255 e. The van der Waals surface area contributed by atoms with E-state index in [0.717, 1.165) is 49.9 Å². The highest BCUT2D eigenvalue weighted by molar-refractivity contribution is 6.00. The minimum Gasteiger partial charge on any atom is -0.349 e. The van der Waals surface area contributed by atoms with E-state index in [1.54, 1.807) is 0 Å². The first-order chi connectivity index (χ1) is 12.9. The molecule has 0 bridgehead atoms. The summed E-state index contributed by atoms with van der Waals surface area (Å²) in [4.78, 5) is 31.8. The van der Waals surface area contributed by atoms with Crippen LogP contribution in [0.2, 0.25) is 0 Å². The lowest BCUT2D eigenvalue weighted by Crippen LogP contribution is -2.41. The van der Waals surface area contributed by atoms with E-state index in [9.17, 15) is 9.59 Å². The van der Waals surface area contributed by atoms with Crippen molar-refractivity contribution in [2.75, 3.05) is 7.05 Å². The molecule has 2 fully saturated rings. The number of carbonyl (C=O) groups is 2. The van der Waals surface area contributed by atoms with Gasteiger partial charge in [0.25, 0.3) is 5.91 Å². The van der Waals surface area contributed by atoms with E-state index in [2.05, 4.69) is 10.3 Å². The Balaban J connectivity index is 1.38. The van der Waals surface area contributed by atoms with E-state index in [0.29, 0.717) is 17.3 Å². The van der Waals surface area contributed by atoms with Crippen LogP contribution >= 0.6 is 0 Å². The van der Waals surface area contributed by atoms with E-state index in [1.165, 1.54) is 0 Å². The van der Waals surface area contributed by atoms with Crippen molar-refractivity contribution in [1.29, 1.82) is 0 Å². The van der Waals surface area contributed by atoms with Crippen LogP contribution in [0.3, 0.4) is 0 Å². The van der Waals surface area contributed by atoms with Gasteiger partial charge in [-0.2, -0.15) is 0 Å². The topological polar surface area (TPSA) is 66.7 Å². The summed E-state index contributed by atoms with van der Waals surface area (Å²) in [6.45, 7) is 3.96. The third-order valence-electron chi connectivity index (χ3n) is 6.04. The van der Waals surface area contributed by atoms with Crippen LogP contribution in [0.25, 0.3) is 5.65 Å². The summed E-state index contributed by atoms with van der Waals surface area (Å²) in [5.41, 5.74) is 3.30. The minimum absolute atomic E-state index is 0.0696. The molecule has 0 unspecified atom stereocenters. The van der Waals surface area contributed by atoms with Gasteiger partial charge >= 0.3 is 0 Å². The molecule has 2 aliphatic rings. The third-order valence-corrected chi connectivity index (χ3v) is 6.04. The summed E-state index contributed by atoms with van der Waals surface area (Å²) in [6, 6.07) is 4.45. The number of carbonyl (C=O) groups excluding carboxylic acids is 2. The second-order valence-electron chi connectivity index (χ2n) is 8.16. The molecule has 2 aromatic heterocycles. The number of hydrogen-bond donors (Lipinski definition) is 1. The molecule has 0 aromatic carbocycles. The Hall–Kier alpha value is -2.37. The average molecular weight is 368 g/mol. The van der Waals surface area contributed by atoms with Crippen LogP contribution < -0.4 is 5.32 Å². The largest absolute Gasteiger partial charge is 0.349 e. The number of nitrogens with zero attached hydrogens (tertiary/aromatic N) is 3. The first-order valence-electron chi connectivity index (χ1n) is 9.97. The number of rotatable bonds is 4. The molecule has 0 radical (unpaired) electrons. The monoisotopic (exact) mass is 368 g/mol. The lowest BCUT2D eigenvalue weighted by atomic mass is 9.85. The van der Waals surface area contributed by atoms with Crippen LogP contribution in [0.4, 0.5) is 0 Å². The van der Waals surface area contributed by atoms with Crippen LogP contribution in [0, 0.1) is 19.8 Å². The second kappa shape index (κ2) is 6.98. The van der Waals surface area contributed by atoms with Gasteiger partial charge in [0.2, 0.25) is 5.91 Å². The molecule has 6 nitrogen and oxygen atoms in total. The van der Waals surface area contributed by atoms with Gasteiger partial charge in [-0.15, -0.1) is 0 Å². The van der Waals surface area contributed by atoms with Gasteiger partial charge in [0.1, 0.15) is 5.65 Å². The molecule has 2 aromatic rings. The zero-order valence-corrected chi connectivity index (χ0v) is 16.4. The molecular weight excluding hydrogens is 340 g/mol. The molecular formula is C21H28N4O2. The van der Waals surface area contributed by atoms with Crippen molar-refractivity contribution >= 4 is 17.5 Å². The highest BCUT2D eigenvalue weighted by Crippen LogP contribution is 2.31. The molecule has 6 heteroatoms. The lowest BCUT2D eigenvalue weighted by Gasteiger charge is -2.31. The number of aryl methyl sites for hydroxylation is 2. The van der Waals surface area contributed by atoms with Crippen molar-refractivity contribution in [3.8, 4) is 0 Å². The van der Waals surface area contributed by atoms with Gasteiger partial charge in [-0.25, -0.2) is 4.98 Å². The fourth-order valence-corrected chi connectivity index (χ4v) is 4.25. The predicted octanol–water partition coefficient (Wildman–Crippen LogP) is 2.86. The predicted molar refractivity (Wildman–Crippen MR) is 104 cm³/mol. The van der Waals surface area contributed by atoms with Gasteiger partial charge in [0, 0.05) is 42.6 Å². The summed E-state index contributed by atoms with van der Waals surface area (Å²) in [6.07, 6.45) is 7.62. The van der Waals surface area contributed by atoms with E-state index in [1.807, 2.05) is 48.5 Å². The van der Waals surface area contributed by atoms with E-state index in [-0.39, 0.29) is 23.8 Å². The van der Waals surface area contributed by atoms with Crippen LogP contribution in [0.5, 0.6) is 0 Å². The SMILES string of the molecule is Cc1cc(C)n2ccc(C(=O)NC3CCC(C(=O)N(C)C4CC4)CC3)c2n1. The van der Waals surface area contributed by atoms with Crippen LogP contribution in [0.1, 0.15) is 60.3 Å². The lowest BCUT2D eigenvalue weighted by molar-refractivity contribution is -0.135. The number of hydrogen-bond acceptors (Lipinski definition) is 3. The molecule has 0 aliphatic heterocycles. The quantitative estimate of drug-likeness (QED) is 0.902. The van der Waals surface area contributed by atoms with Crippen LogP contribution in [0.15, 0.2) is 18.3 Å². The Morgan fingerprint density at radius 3 is 2.52 bits per heavy atom. The highest BCUT2D eigenvalue weighted by Gasteiger charge is 2.35. The Kier molecular flexibility index (Phi) is 4.66. The van der Waals surface area contributed by atoms with Crippen LogP contribution in [-0.2, 0) is 4.79 Å². The second-order valence-corrected chi connectivity index (χ2v) is 8.16. The Labute approximate surface area is 159 Å². The molecule has 0 spiro atoms. The van der Waals surface area contributed by atoms with Gasteiger partial charge in [0.05, 0.1) is 5.56 Å². The summed E-state index contributed by atoms with van der Waals surface area (Å²) in [7, 11) is 1.93. The van der Waals surface area contributed by atoms with Gasteiger partial charge in [-0.1, -0.05) is 0 Å². The van der Waals surface area contributed by atoms with Crippen molar-refractivity contribution in [2.24, 2.45) is 5.92 Å². The fourth-order valence-electron chi connectivity index (χ4n) is 4.25. The van der Waals surface area contributed by atoms with Crippen molar-refractivity contribution < 1.29 is 9.59 Å². The van der Waals surface area contributed by atoms with Gasteiger partial charge in [-0.05, 0) is 64.5 Å². The number of fused-ring (bicyclic) bond motifs is 1. The number of aromatic nitrogens is 2. The number of amides is 2. The maximum Gasteiger partial charge on any atom is 0.255 e. The normalized spacial score (nSPS) is 22.6. The molecule has 2 saturated carbocycles. The van der Waals surface area contributed by atoms with Crippen molar-refractivity contribution in [1.82, 2.24) is 19.6 Å². The maximum absolute atomic E-state index is 12.8. The Morgan fingerprint density at radius 2 is 1.85 bits per heavy atom. The van der Waals surface area contributed by atoms with E-state index >= 15 is 0 Å². The molecule has 27 heavy (non-hydrogen) atoms. The average Bonchev–Trinajstić information content (AvgIpc) is 3.40. The molecule has 0 atom stereocenters. The molecule has 2 amide bonds. The Bertz CT molecular complexity index is 876.